The molecule has 0 saturated heterocycles. The number of nitrogens with one attached hydrogen (secondary N) is 1. The van der Waals surface area contributed by atoms with E-state index in [1.165, 1.54) is 0 Å². The predicted octanol–water partition coefficient (Wildman–Crippen LogP) is 2.34. The van der Waals surface area contributed by atoms with E-state index in [1.807, 2.05) is 0 Å². The second kappa shape index (κ2) is 4.10. The Morgan fingerprint density at radius 3 is 2.85 bits per heavy atom. The van der Waals surface area contributed by atoms with Gasteiger partial charge in [0.2, 0.25) is 0 Å². The van der Waals surface area contributed by atoms with Crippen LogP contribution in [0.5, 0.6) is 0 Å². The first-order chi connectivity index (χ1) is 6.19. The molecule has 1 aromatic rings. The first-order valence-corrected chi connectivity index (χ1v) is 4.18. The Labute approximate surface area is 82.2 Å². The molecular formula is C10H10ClNO. The summed E-state index contributed by atoms with van der Waals surface area (Å²) < 4.78 is 0. The summed E-state index contributed by atoms with van der Waals surface area (Å²) in [6, 6.07) is 5.11. The maximum atomic E-state index is 10.7. The third-order valence-electron chi connectivity index (χ3n) is 1.77. The first kappa shape index (κ1) is 9.81. The Hall–Kier alpha value is -1.28. The van der Waals surface area contributed by atoms with Crippen molar-refractivity contribution in [1.82, 2.24) is 5.32 Å². The zero-order valence-electron chi connectivity index (χ0n) is 7.30. The summed E-state index contributed by atoms with van der Waals surface area (Å²) in [6.45, 7) is 3.77. The standard InChI is InChI=1S/C10H10ClNO/c1-7(12-2)10-4-3-9(11)5-8(10)6-13/h3-6,12H,1H2,2H3. The van der Waals surface area contributed by atoms with Gasteiger partial charge in [0.05, 0.1) is 0 Å². The van der Waals surface area contributed by atoms with Crippen molar-refractivity contribution < 1.29 is 4.79 Å². The SMILES string of the molecule is C=C(NC)c1ccc(Cl)cc1C=O. The van der Waals surface area contributed by atoms with Crippen LogP contribution < -0.4 is 5.32 Å². The summed E-state index contributed by atoms with van der Waals surface area (Å²) in [5, 5.41) is 3.43. The van der Waals surface area contributed by atoms with E-state index in [2.05, 4.69) is 11.9 Å². The van der Waals surface area contributed by atoms with Gasteiger partial charge in [-0.05, 0) is 12.1 Å². The van der Waals surface area contributed by atoms with E-state index < -0.39 is 0 Å². The van der Waals surface area contributed by atoms with Crippen LogP contribution in [0.2, 0.25) is 5.02 Å². The average Bonchev–Trinajstić information content (AvgIpc) is 2.16. The molecular weight excluding hydrogens is 186 g/mol. The lowest BCUT2D eigenvalue weighted by molar-refractivity contribution is 0.112. The van der Waals surface area contributed by atoms with Crippen LogP contribution in [-0.2, 0) is 0 Å². The molecule has 0 radical (unpaired) electrons. The highest BCUT2D eigenvalue weighted by atomic mass is 35.5. The van der Waals surface area contributed by atoms with Gasteiger partial charge in [0.15, 0.2) is 6.29 Å². The third-order valence-corrected chi connectivity index (χ3v) is 2.00. The van der Waals surface area contributed by atoms with Crippen molar-refractivity contribution in [2.45, 2.75) is 0 Å². The number of hydrogen-bond acceptors (Lipinski definition) is 2. The molecule has 0 atom stereocenters. The summed E-state index contributed by atoms with van der Waals surface area (Å²) in [7, 11) is 1.76. The number of halogens is 1. The highest BCUT2D eigenvalue weighted by Crippen LogP contribution is 2.18. The van der Waals surface area contributed by atoms with Gasteiger partial charge in [0.25, 0.3) is 0 Å². The molecule has 0 amide bonds. The van der Waals surface area contributed by atoms with Crippen LogP contribution in [0.15, 0.2) is 24.8 Å². The van der Waals surface area contributed by atoms with E-state index in [9.17, 15) is 4.79 Å². The van der Waals surface area contributed by atoms with Crippen LogP contribution in [0.3, 0.4) is 0 Å². The molecule has 13 heavy (non-hydrogen) atoms. The van der Waals surface area contributed by atoms with Crippen LogP contribution in [0.25, 0.3) is 5.70 Å². The molecule has 0 heterocycles. The van der Waals surface area contributed by atoms with Crippen molar-refractivity contribution >= 4 is 23.6 Å². The maximum absolute atomic E-state index is 10.7. The molecule has 0 aromatic heterocycles. The molecule has 0 aliphatic carbocycles. The largest absolute Gasteiger partial charge is 0.388 e. The van der Waals surface area contributed by atoms with Crippen LogP contribution >= 0.6 is 11.6 Å². The Bertz CT molecular complexity index is 347. The number of carbonyl (C=O) groups is 1. The van der Waals surface area contributed by atoms with Gasteiger partial charge in [-0.15, -0.1) is 0 Å². The Kier molecular flexibility index (Phi) is 3.09. The van der Waals surface area contributed by atoms with Gasteiger partial charge in [0, 0.05) is 28.9 Å². The van der Waals surface area contributed by atoms with Crippen LogP contribution in [-0.4, -0.2) is 13.3 Å². The summed E-state index contributed by atoms with van der Waals surface area (Å²) in [5.74, 6) is 0. The molecule has 0 aliphatic rings. The van der Waals surface area contributed by atoms with Gasteiger partial charge in [-0.1, -0.05) is 24.2 Å². The van der Waals surface area contributed by atoms with Gasteiger partial charge < -0.3 is 5.32 Å². The molecule has 68 valence electrons. The maximum Gasteiger partial charge on any atom is 0.150 e. The molecule has 0 unspecified atom stereocenters. The van der Waals surface area contributed by atoms with Crippen molar-refractivity contribution in [3.8, 4) is 0 Å². The molecule has 0 fully saturated rings. The van der Waals surface area contributed by atoms with Gasteiger partial charge in [-0.2, -0.15) is 0 Å². The normalized spacial score (nSPS) is 9.38. The molecule has 1 aromatic carbocycles. The summed E-state index contributed by atoms with van der Waals surface area (Å²) in [4.78, 5) is 10.7. The smallest absolute Gasteiger partial charge is 0.150 e. The zero-order valence-corrected chi connectivity index (χ0v) is 8.06. The fraction of sp³-hybridized carbons (Fsp3) is 0.100. The number of benzene rings is 1. The summed E-state index contributed by atoms with van der Waals surface area (Å²) in [5.41, 5.74) is 2.03. The van der Waals surface area contributed by atoms with Crippen LogP contribution in [0.1, 0.15) is 15.9 Å². The Balaban J connectivity index is 3.20. The molecule has 1 N–H and O–H groups in total. The van der Waals surface area contributed by atoms with Crippen molar-refractivity contribution in [3.05, 3.63) is 40.9 Å². The number of aldehydes is 1. The van der Waals surface area contributed by atoms with Gasteiger partial charge in [-0.3, -0.25) is 4.79 Å². The van der Waals surface area contributed by atoms with E-state index in [4.69, 9.17) is 11.6 Å². The van der Waals surface area contributed by atoms with Crippen molar-refractivity contribution in [3.63, 3.8) is 0 Å². The van der Waals surface area contributed by atoms with Crippen molar-refractivity contribution in [1.29, 1.82) is 0 Å². The lowest BCUT2D eigenvalue weighted by atomic mass is 10.1. The van der Waals surface area contributed by atoms with Gasteiger partial charge >= 0.3 is 0 Å². The second-order valence-corrected chi connectivity index (χ2v) is 3.01. The third kappa shape index (κ3) is 2.10. The molecule has 0 spiro atoms. The van der Waals surface area contributed by atoms with Crippen LogP contribution in [0, 0.1) is 0 Å². The van der Waals surface area contributed by atoms with E-state index >= 15 is 0 Å². The summed E-state index contributed by atoms with van der Waals surface area (Å²) in [6.07, 6.45) is 0.768. The minimum absolute atomic E-state index is 0.548. The van der Waals surface area contributed by atoms with E-state index in [0.29, 0.717) is 16.3 Å². The zero-order chi connectivity index (χ0) is 9.84. The van der Waals surface area contributed by atoms with Gasteiger partial charge in [-0.25, -0.2) is 0 Å². The topological polar surface area (TPSA) is 29.1 Å². The average molecular weight is 196 g/mol. The molecule has 0 aliphatic heterocycles. The van der Waals surface area contributed by atoms with Crippen molar-refractivity contribution in [2.24, 2.45) is 0 Å². The lowest BCUT2D eigenvalue weighted by Gasteiger charge is -2.07. The number of hydrogen-bond donors (Lipinski definition) is 1. The predicted molar refractivity (Wildman–Crippen MR) is 54.9 cm³/mol. The van der Waals surface area contributed by atoms with E-state index in [1.54, 1.807) is 25.2 Å². The van der Waals surface area contributed by atoms with E-state index in [0.717, 1.165) is 11.8 Å². The minimum Gasteiger partial charge on any atom is -0.388 e. The first-order valence-electron chi connectivity index (χ1n) is 3.80. The molecule has 0 saturated carbocycles. The monoisotopic (exact) mass is 195 g/mol. The molecule has 0 bridgehead atoms. The Morgan fingerprint density at radius 1 is 1.62 bits per heavy atom. The number of rotatable bonds is 3. The second-order valence-electron chi connectivity index (χ2n) is 2.58. The van der Waals surface area contributed by atoms with Crippen molar-refractivity contribution in [2.75, 3.05) is 7.05 Å². The summed E-state index contributed by atoms with van der Waals surface area (Å²) >= 11 is 5.73. The molecule has 2 nitrogen and oxygen atoms in total. The van der Waals surface area contributed by atoms with Gasteiger partial charge in [0.1, 0.15) is 0 Å². The Morgan fingerprint density at radius 2 is 2.31 bits per heavy atom. The van der Waals surface area contributed by atoms with E-state index in [-0.39, 0.29) is 0 Å². The van der Waals surface area contributed by atoms with Crippen LogP contribution in [0.4, 0.5) is 0 Å². The molecule has 3 heteroatoms. The highest BCUT2D eigenvalue weighted by molar-refractivity contribution is 6.30. The minimum atomic E-state index is 0.548. The fourth-order valence-electron chi connectivity index (χ4n) is 1.04. The fourth-order valence-corrected chi connectivity index (χ4v) is 1.22. The number of carbonyl (C=O) groups excluding carboxylic acids is 1. The molecule has 1 rings (SSSR count). The highest BCUT2D eigenvalue weighted by Gasteiger charge is 2.04. The quantitative estimate of drug-likeness (QED) is 0.751. The lowest BCUT2D eigenvalue weighted by Crippen LogP contribution is -2.05.